The zero-order chi connectivity index (χ0) is 15.6. The van der Waals surface area contributed by atoms with Crippen molar-refractivity contribution in [2.45, 2.75) is 44.4 Å². The van der Waals surface area contributed by atoms with Crippen molar-refractivity contribution in [1.29, 1.82) is 0 Å². The Bertz CT molecular complexity index is 649. The Labute approximate surface area is 130 Å². The molecular formula is C15H20ClNO3S. The van der Waals surface area contributed by atoms with Gasteiger partial charge in [0.15, 0.2) is 0 Å². The number of halogens is 1. The van der Waals surface area contributed by atoms with Crippen molar-refractivity contribution < 1.29 is 13.2 Å². The fourth-order valence-electron chi connectivity index (χ4n) is 2.75. The highest BCUT2D eigenvalue weighted by molar-refractivity contribution is 8.13. The Hall–Kier alpha value is -1.07. The minimum atomic E-state index is -3.84. The number of carbonyl (C=O) groups is 1. The number of nitrogens with one attached hydrogen (secondary N) is 1. The van der Waals surface area contributed by atoms with Gasteiger partial charge in [-0.1, -0.05) is 12.8 Å². The third-order valence-corrected chi connectivity index (χ3v) is 5.53. The second kappa shape index (κ2) is 6.36. The highest BCUT2D eigenvalue weighted by atomic mass is 35.7. The van der Waals surface area contributed by atoms with E-state index < -0.39 is 9.05 Å². The molecule has 0 aliphatic heterocycles. The summed E-state index contributed by atoms with van der Waals surface area (Å²) in [5.41, 5.74) is 1.90. The van der Waals surface area contributed by atoms with Crippen LogP contribution in [0.3, 0.4) is 0 Å². The van der Waals surface area contributed by atoms with Gasteiger partial charge in [0.25, 0.3) is 15.0 Å². The molecule has 0 aromatic heterocycles. The van der Waals surface area contributed by atoms with Crippen LogP contribution in [0.25, 0.3) is 0 Å². The van der Waals surface area contributed by atoms with Gasteiger partial charge in [-0.25, -0.2) is 8.42 Å². The zero-order valence-corrected chi connectivity index (χ0v) is 13.9. The molecule has 0 saturated heterocycles. The van der Waals surface area contributed by atoms with E-state index in [4.69, 9.17) is 10.7 Å². The standard InChI is InChI=1S/C15H20ClNO3S/c1-10-7-13(21(16,19)20)8-14(11(10)2)15(18)17-9-12-5-3-4-6-12/h7-8,12H,3-6,9H2,1-2H3,(H,17,18). The summed E-state index contributed by atoms with van der Waals surface area (Å²) in [5, 5.41) is 2.91. The smallest absolute Gasteiger partial charge is 0.261 e. The van der Waals surface area contributed by atoms with Gasteiger partial charge in [0.2, 0.25) is 0 Å². The number of rotatable bonds is 4. The third-order valence-electron chi connectivity index (χ3n) is 4.19. The van der Waals surface area contributed by atoms with Crippen LogP contribution in [0, 0.1) is 19.8 Å². The fraction of sp³-hybridized carbons (Fsp3) is 0.533. The molecule has 1 amide bonds. The van der Waals surface area contributed by atoms with Crippen molar-refractivity contribution in [3.63, 3.8) is 0 Å². The molecule has 1 aliphatic rings. The maximum absolute atomic E-state index is 12.3. The largest absolute Gasteiger partial charge is 0.352 e. The zero-order valence-electron chi connectivity index (χ0n) is 12.3. The van der Waals surface area contributed by atoms with Crippen molar-refractivity contribution in [2.24, 2.45) is 5.92 Å². The Balaban J connectivity index is 2.21. The van der Waals surface area contributed by atoms with Gasteiger partial charge in [0, 0.05) is 22.8 Å². The molecule has 6 heteroatoms. The second-order valence-corrected chi connectivity index (χ2v) is 8.28. The van der Waals surface area contributed by atoms with Crippen molar-refractivity contribution in [3.8, 4) is 0 Å². The van der Waals surface area contributed by atoms with Gasteiger partial charge in [-0.2, -0.15) is 0 Å². The maximum atomic E-state index is 12.3. The summed E-state index contributed by atoms with van der Waals surface area (Å²) in [6.45, 7) is 4.23. The predicted octanol–water partition coefficient (Wildman–Crippen LogP) is 3.15. The van der Waals surface area contributed by atoms with Crippen molar-refractivity contribution >= 4 is 25.6 Å². The first-order valence-electron chi connectivity index (χ1n) is 7.13. The number of carbonyl (C=O) groups excluding carboxylic acids is 1. The molecule has 0 bridgehead atoms. The van der Waals surface area contributed by atoms with Gasteiger partial charge in [0.1, 0.15) is 0 Å². The number of hydrogen-bond donors (Lipinski definition) is 1. The van der Waals surface area contributed by atoms with E-state index in [1.807, 2.05) is 6.92 Å². The highest BCUT2D eigenvalue weighted by Crippen LogP contribution is 2.25. The van der Waals surface area contributed by atoms with Gasteiger partial charge in [0.05, 0.1) is 4.90 Å². The average molecular weight is 330 g/mol. The van der Waals surface area contributed by atoms with Crippen molar-refractivity contribution in [3.05, 3.63) is 28.8 Å². The maximum Gasteiger partial charge on any atom is 0.261 e. The summed E-state index contributed by atoms with van der Waals surface area (Å²) in [7, 11) is 1.54. The number of hydrogen-bond acceptors (Lipinski definition) is 3. The SMILES string of the molecule is Cc1cc(S(=O)(=O)Cl)cc(C(=O)NCC2CCCC2)c1C. The number of benzene rings is 1. The van der Waals surface area contributed by atoms with E-state index in [2.05, 4.69) is 5.32 Å². The van der Waals surface area contributed by atoms with Crippen LogP contribution in [-0.4, -0.2) is 20.9 Å². The summed E-state index contributed by atoms with van der Waals surface area (Å²) in [5.74, 6) is 0.306. The summed E-state index contributed by atoms with van der Waals surface area (Å²) >= 11 is 0. The molecule has 1 aromatic carbocycles. The molecule has 0 radical (unpaired) electrons. The summed E-state index contributed by atoms with van der Waals surface area (Å²) in [4.78, 5) is 12.3. The van der Waals surface area contributed by atoms with Crippen LogP contribution in [0.5, 0.6) is 0 Å². The quantitative estimate of drug-likeness (QED) is 0.863. The molecule has 4 nitrogen and oxygen atoms in total. The number of aryl methyl sites for hydroxylation is 1. The summed E-state index contributed by atoms with van der Waals surface area (Å²) in [6.07, 6.45) is 4.74. The second-order valence-electron chi connectivity index (χ2n) is 5.71. The van der Waals surface area contributed by atoms with E-state index in [1.54, 1.807) is 6.92 Å². The molecule has 1 N–H and O–H groups in total. The first-order chi connectivity index (χ1) is 9.79. The molecule has 1 saturated carbocycles. The minimum absolute atomic E-state index is 0.0294. The molecular weight excluding hydrogens is 310 g/mol. The first-order valence-corrected chi connectivity index (χ1v) is 9.44. The predicted molar refractivity (Wildman–Crippen MR) is 83.2 cm³/mol. The topological polar surface area (TPSA) is 63.2 Å². The molecule has 0 atom stereocenters. The molecule has 116 valence electrons. The van der Waals surface area contributed by atoms with Crippen LogP contribution in [0.15, 0.2) is 17.0 Å². The van der Waals surface area contributed by atoms with Crippen molar-refractivity contribution in [1.82, 2.24) is 5.32 Å². The molecule has 1 aromatic rings. The van der Waals surface area contributed by atoms with Gasteiger partial charge in [-0.15, -0.1) is 0 Å². The molecule has 0 spiro atoms. The minimum Gasteiger partial charge on any atom is -0.352 e. The van der Waals surface area contributed by atoms with Crippen LogP contribution in [0.1, 0.15) is 47.2 Å². The summed E-state index contributed by atoms with van der Waals surface area (Å²) in [6, 6.07) is 2.85. The number of amides is 1. The van der Waals surface area contributed by atoms with Crippen molar-refractivity contribution in [2.75, 3.05) is 6.54 Å². The van der Waals surface area contributed by atoms with E-state index in [1.165, 1.54) is 25.0 Å². The van der Waals surface area contributed by atoms with E-state index in [9.17, 15) is 13.2 Å². The Morgan fingerprint density at radius 1 is 1.29 bits per heavy atom. The van der Waals surface area contributed by atoms with Crippen LogP contribution < -0.4 is 5.32 Å². The van der Waals surface area contributed by atoms with E-state index in [-0.39, 0.29) is 10.8 Å². The van der Waals surface area contributed by atoms with Gasteiger partial charge in [-0.05, 0) is 55.9 Å². The Kier molecular flexibility index (Phi) is 4.94. The molecule has 2 rings (SSSR count). The van der Waals surface area contributed by atoms with Crippen LogP contribution in [-0.2, 0) is 9.05 Å². The molecule has 0 unspecified atom stereocenters. The highest BCUT2D eigenvalue weighted by Gasteiger charge is 2.20. The van der Waals surface area contributed by atoms with Gasteiger partial charge in [-0.3, -0.25) is 4.79 Å². The van der Waals surface area contributed by atoms with Gasteiger partial charge >= 0.3 is 0 Å². The van der Waals surface area contributed by atoms with E-state index in [0.29, 0.717) is 18.0 Å². The van der Waals surface area contributed by atoms with Crippen LogP contribution in [0.4, 0.5) is 0 Å². The van der Waals surface area contributed by atoms with E-state index in [0.717, 1.165) is 24.0 Å². The molecule has 21 heavy (non-hydrogen) atoms. The van der Waals surface area contributed by atoms with E-state index >= 15 is 0 Å². The summed E-state index contributed by atoms with van der Waals surface area (Å²) < 4.78 is 22.9. The lowest BCUT2D eigenvalue weighted by atomic mass is 10.0. The van der Waals surface area contributed by atoms with Crippen LogP contribution >= 0.6 is 10.7 Å². The lowest BCUT2D eigenvalue weighted by Gasteiger charge is -2.14. The molecule has 0 heterocycles. The fourth-order valence-corrected chi connectivity index (χ4v) is 3.59. The Morgan fingerprint density at radius 2 is 1.90 bits per heavy atom. The lowest BCUT2D eigenvalue weighted by molar-refractivity contribution is 0.0946. The lowest BCUT2D eigenvalue weighted by Crippen LogP contribution is -2.29. The average Bonchev–Trinajstić information content (AvgIpc) is 2.91. The third kappa shape index (κ3) is 3.98. The normalized spacial score (nSPS) is 16.1. The monoisotopic (exact) mass is 329 g/mol. The molecule has 1 fully saturated rings. The van der Waals surface area contributed by atoms with Gasteiger partial charge < -0.3 is 5.32 Å². The first kappa shape index (κ1) is 16.3. The molecule has 1 aliphatic carbocycles. The Morgan fingerprint density at radius 3 is 2.48 bits per heavy atom. The van der Waals surface area contributed by atoms with Crippen LogP contribution in [0.2, 0.25) is 0 Å².